The predicted octanol–water partition coefficient (Wildman–Crippen LogP) is 2.40. The van der Waals surface area contributed by atoms with E-state index in [0.29, 0.717) is 16.6 Å². The smallest absolute Gasteiger partial charge is 0.392 e. The van der Waals surface area contributed by atoms with E-state index in [2.05, 4.69) is 5.10 Å². The molecule has 0 spiro atoms. The Balaban J connectivity index is 2.58. The Morgan fingerprint density at radius 1 is 1.50 bits per heavy atom. The molecule has 1 aromatic heterocycles. The molecule has 0 bridgehead atoms. The van der Waals surface area contributed by atoms with Gasteiger partial charge in [-0.1, -0.05) is 25.4 Å². The van der Waals surface area contributed by atoms with Crippen LogP contribution in [0.4, 0.5) is 5.69 Å². The fraction of sp³-hybridized carbons (Fsp3) is 0.273. The molecule has 1 aromatic carbocycles. The van der Waals surface area contributed by atoms with Crippen molar-refractivity contribution in [1.82, 2.24) is 9.78 Å². The van der Waals surface area contributed by atoms with Crippen molar-refractivity contribution in [2.24, 2.45) is 0 Å². The predicted molar refractivity (Wildman–Crippen MR) is 66.6 cm³/mol. The summed E-state index contributed by atoms with van der Waals surface area (Å²) in [6.45, 7) is 3.73. The fourth-order valence-electron chi connectivity index (χ4n) is 1.46. The zero-order chi connectivity index (χ0) is 13.3. The van der Waals surface area contributed by atoms with Gasteiger partial charge in [-0.2, -0.15) is 4.68 Å². The largest absolute Gasteiger partial charge is 0.442 e. The molecule has 2 N–H and O–H groups in total. The third-order valence-electron chi connectivity index (χ3n) is 2.36. The van der Waals surface area contributed by atoms with Gasteiger partial charge in [-0.3, -0.25) is 10.7 Å². The second kappa shape index (κ2) is 4.83. The van der Waals surface area contributed by atoms with E-state index in [1.807, 2.05) is 19.3 Å². The number of nitrogens with zero attached hydrogens (tertiary/aromatic N) is 2. The van der Waals surface area contributed by atoms with Crippen LogP contribution in [-0.4, -0.2) is 15.0 Å². The monoisotopic (exact) mass is 269 g/mol. The van der Waals surface area contributed by atoms with Gasteiger partial charge in [-0.25, -0.2) is 4.79 Å². The molecule has 0 unspecified atom stereocenters. The summed E-state index contributed by atoms with van der Waals surface area (Å²) in [7, 11) is 0. The van der Waals surface area contributed by atoms with Crippen molar-refractivity contribution in [3.8, 4) is 5.69 Å². The van der Waals surface area contributed by atoms with Crippen LogP contribution in [0.15, 0.2) is 27.4 Å². The molecular formula is C11H12ClN3O3. The maximum Gasteiger partial charge on any atom is 0.442 e. The normalized spacial score (nSPS) is 10.9. The summed E-state index contributed by atoms with van der Waals surface area (Å²) in [4.78, 5) is 11.7. The van der Waals surface area contributed by atoms with E-state index in [-0.39, 0.29) is 11.6 Å². The highest BCUT2D eigenvalue weighted by Crippen LogP contribution is 2.23. The number of hydrogen-bond acceptors (Lipinski definition) is 5. The van der Waals surface area contributed by atoms with Crippen LogP contribution in [0.1, 0.15) is 25.7 Å². The topological polar surface area (TPSA) is 80.3 Å². The quantitative estimate of drug-likeness (QED) is 0.837. The first-order valence-corrected chi connectivity index (χ1v) is 5.71. The van der Waals surface area contributed by atoms with Crippen molar-refractivity contribution in [2.75, 3.05) is 5.48 Å². The van der Waals surface area contributed by atoms with Gasteiger partial charge in [-0.05, 0) is 18.2 Å². The number of aromatic nitrogens is 2. The molecule has 0 saturated carbocycles. The third kappa shape index (κ3) is 2.25. The fourth-order valence-corrected chi connectivity index (χ4v) is 1.63. The average molecular weight is 270 g/mol. The van der Waals surface area contributed by atoms with Crippen LogP contribution in [-0.2, 0) is 0 Å². The van der Waals surface area contributed by atoms with Crippen LogP contribution < -0.4 is 11.2 Å². The van der Waals surface area contributed by atoms with Gasteiger partial charge in [0.25, 0.3) is 0 Å². The Morgan fingerprint density at radius 2 is 2.22 bits per heavy atom. The van der Waals surface area contributed by atoms with Crippen LogP contribution in [0.2, 0.25) is 5.02 Å². The standard InChI is InChI=1S/C11H12ClN3O3/c1-6(2)10-13-15(11(16)18-10)9-4-3-7(12)5-8(9)14-17/h3-6,14,17H,1-2H3. The number of benzene rings is 1. The summed E-state index contributed by atoms with van der Waals surface area (Å²) in [5.74, 6) is -0.284. The van der Waals surface area contributed by atoms with Crippen molar-refractivity contribution in [3.05, 3.63) is 39.7 Å². The summed E-state index contributed by atoms with van der Waals surface area (Å²) < 4.78 is 6.09. The number of halogens is 1. The van der Waals surface area contributed by atoms with Gasteiger partial charge in [0.05, 0.1) is 11.4 Å². The third-order valence-corrected chi connectivity index (χ3v) is 2.60. The molecule has 7 heteroatoms. The molecule has 0 fully saturated rings. The van der Waals surface area contributed by atoms with Crippen LogP contribution in [0.5, 0.6) is 0 Å². The SMILES string of the molecule is CC(C)c1nn(-c2ccc(Cl)cc2NO)c(=O)o1. The first kappa shape index (κ1) is 12.7. The Kier molecular flexibility index (Phi) is 3.40. The van der Waals surface area contributed by atoms with E-state index in [1.54, 1.807) is 12.1 Å². The molecule has 0 amide bonds. The molecule has 18 heavy (non-hydrogen) atoms. The molecular weight excluding hydrogens is 258 g/mol. The van der Waals surface area contributed by atoms with Crippen molar-refractivity contribution >= 4 is 17.3 Å². The van der Waals surface area contributed by atoms with Crippen LogP contribution in [0.25, 0.3) is 5.69 Å². The van der Waals surface area contributed by atoms with Crippen molar-refractivity contribution in [2.45, 2.75) is 19.8 Å². The number of rotatable bonds is 3. The van der Waals surface area contributed by atoms with Gasteiger partial charge in [0.1, 0.15) is 0 Å². The highest BCUT2D eigenvalue weighted by atomic mass is 35.5. The first-order valence-electron chi connectivity index (χ1n) is 5.33. The zero-order valence-corrected chi connectivity index (χ0v) is 10.6. The summed E-state index contributed by atoms with van der Waals surface area (Å²) >= 11 is 5.80. The van der Waals surface area contributed by atoms with E-state index >= 15 is 0 Å². The molecule has 2 rings (SSSR count). The van der Waals surface area contributed by atoms with E-state index in [9.17, 15) is 4.79 Å². The molecule has 96 valence electrons. The molecule has 0 atom stereocenters. The highest BCUT2D eigenvalue weighted by Gasteiger charge is 2.15. The lowest BCUT2D eigenvalue weighted by atomic mass is 10.2. The molecule has 6 nitrogen and oxygen atoms in total. The summed E-state index contributed by atoms with van der Waals surface area (Å²) in [5.41, 5.74) is 2.61. The molecule has 0 aliphatic rings. The maximum atomic E-state index is 11.7. The van der Waals surface area contributed by atoms with Gasteiger partial charge in [-0.15, -0.1) is 5.10 Å². The van der Waals surface area contributed by atoms with Crippen molar-refractivity contribution in [3.63, 3.8) is 0 Å². The van der Waals surface area contributed by atoms with Crippen LogP contribution >= 0.6 is 11.6 Å². The first-order chi connectivity index (χ1) is 8.52. The lowest BCUT2D eigenvalue weighted by molar-refractivity contribution is 0.388. The summed E-state index contributed by atoms with van der Waals surface area (Å²) in [6.07, 6.45) is 0. The van der Waals surface area contributed by atoms with Gasteiger partial charge >= 0.3 is 5.76 Å². The van der Waals surface area contributed by atoms with Gasteiger partial charge in [0.2, 0.25) is 5.89 Å². The van der Waals surface area contributed by atoms with Gasteiger partial charge in [0.15, 0.2) is 0 Å². The molecule has 1 heterocycles. The number of hydrogen-bond donors (Lipinski definition) is 2. The van der Waals surface area contributed by atoms with E-state index in [4.69, 9.17) is 21.2 Å². The Morgan fingerprint density at radius 3 is 2.78 bits per heavy atom. The lowest BCUT2D eigenvalue weighted by Gasteiger charge is -2.06. The number of anilines is 1. The van der Waals surface area contributed by atoms with Gasteiger partial charge < -0.3 is 4.42 Å². The van der Waals surface area contributed by atoms with Crippen LogP contribution in [0, 0.1) is 0 Å². The minimum Gasteiger partial charge on any atom is -0.392 e. The Labute approximate surface area is 108 Å². The minimum absolute atomic E-state index is 0.00298. The zero-order valence-electron chi connectivity index (χ0n) is 9.85. The van der Waals surface area contributed by atoms with E-state index in [0.717, 1.165) is 4.68 Å². The minimum atomic E-state index is -0.613. The second-order valence-corrected chi connectivity index (χ2v) is 4.48. The maximum absolute atomic E-state index is 11.7. The van der Waals surface area contributed by atoms with Crippen molar-refractivity contribution in [1.29, 1.82) is 0 Å². The molecule has 0 aliphatic heterocycles. The summed E-state index contributed by atoms with van der Waals surface area (Å²) in [5, 5.41) is 13.5. The highest BCUT2D eigenvalue weighted by molar-refractivity contribution is 6.30. The summed E-state index contributed by atoms with van der Waals surface area (Å²) in [6, 6.07) is 4.63. The second-order valence-electron chi connectivity index (χ2n) is 4.05. The van der Waals surface area contributed by atoms with Gasteiger partial charge in [0, 0.05) is 10.9 Å². The molecule has 2 aromatic rings. The Bertz CT molecular complexity index is 618. The Hall–Kier alpha value is -1.79. The molecule has 0 radical (unpaired) electrons. The molecule has 0 aliphatic carbocycles. The van der Waals surface area contributed by atoms with E-state index in [1.165, 1.54) is 6.07 Å². The van der Waals surface area contributed by atoms with Crippen molar-refractivity contribution < 1.29 is 9.62 Å². The van der Waals surface area contributed by atoms with E-state index < -0.39 is 5.76 Å². The van der Waals surface area contributed by atoms with Crippen LogP contribution in [0.3, 0.4) is 0 Å². The molecule has 0 saturated heterocycles. The average Bonchev–Trinajstić information content (AvgIpc) is 2.71. The number of nitrogens with one attached hydrogen (secondary N) is 1. The lowest BCUT2D eigenvalue weighted by Crippen LogP contribution is -2.15.